The molecule has 46 heavy (non-hydrogen) atoms. The first-order valence-electron chi connectivity index (χ1n) is 15.1. The number of hydrogen-bond donors (Lipinski definition) is 3. The zero-order valence-corrected chi connectivity index (χ0v) is 28.9. The SMILES string of the molecule is CNCCC[C@H](N)C(=O)N(C)[C@@H](Cc1cccc(-c2ccc(OCc3ccccc3)c(C[C@H](NC)C(=O)P(F)P)c2)c1)C(=O)OC. The van der Waals surface area contributed by atoms with E-state index >= 15 is 0 Å². The Morgan fingerprint density at radius 3 is 2.33 bits per heavy atom. The first-order valence-corrected chi connectivity index (χ1v) is 18.0. The number of nitrogens with two attached hydrogens (primary N) is 1. The predicted octanol–water partition coefficient (Wildman–Crippen LogP) is 4.62. The predicted molar refractivity (Wildman–Crippen MR) is 185 cm³/mol. The summed E-state index contributed by atoms with van der Waals surface area (Å²) in [5.74, 6) is -0.259. The van der Waals surface area contributed by atoms with Crippen LogP contribution >= 0.6 is 16.8 Å². The fourth-order valence-corrected chi connectivity index (χ4v) is 6.19. The number of likely N-dealkylation sites (N-methyl/N-ethyl adjacent to an activating group) is 2. The minimum Gasteiger partial charge on any atom is -0.489 e. The number of halogens is 1. The van der Waals surface area contributed by atoms with Crippen LogP contribution in [0.5, 0.6) is 5.75 Å². The zero-order valence-electron chi connectivity index (χ0n) is 26.9. The van der Waals surface area contributed by atoms with Gasteiger partial charge in [0.25, 0.3) is 0 Å². The molecule has 0 aliphatic heterocycles. The van der Waals surface area contributed by atoms with E-state index in [0.717, 1.165) is 40.8 Å². The lowest BCUT2D eigenvalue weighted by Gasteiger charge is -2.28. The fraction of sp³-hybridized carbons (Fsp3) is 0.382. The normalized spacial score (nSPS) is 13.7. The lowest BCUT2D eigenvalue weighted by molar-refractivity contribution is -0.152. The van der Waals surface area contributed by atoms with Crippen LogP contribution in [0.1, 0.15) is 29.5 Å². The molecule has 0 spiro atoms. The summed E-state index contributed by atoms with van der Waals surface area (Å²) in [7, 11) is 5.98. The molecule has 0 aliphatic rings. The lowest BCUT2D eigenvalue weighted by atomic mass is 9.95. The van der Waals surface area contributed by atoms with Gasteiger partial charge in [0.1, 0.15) is 18.4 Å². The number of ether oxygens (including phenoxy) is 2. The van der Waals surface area contributed by atoms with Gasteiger partial charge < -0.3 is 30.7 Å². The summed E-state index contributed by atoms with van der Waals surface area (Å²) in [5, 5.41) is 5.99. The highest BCUT2D eigenvalue weighted by Crippen LogP contribution is 2.48. The van der Waals surface area contributed by atoms with Crippen LogP contribution in [0.4, 0.5) is 4.20 Å². The molecule has 9 nitrogen and oxygen atoms in total. The number of benzene rings is 3. The maximum Gasteiger partial charge on any atom is 0.328 e. The van der Waals surface area contributed by atoms with Crippen molar-refractivity contribution >= 4 is 34.3 Å². The Hall–Kier alpha value is -3.26. The maximum absolute atomic E-state index is 14.0. The van der Waals surface area contributed by atoms with Gasteiger partial charge >= 0.3 is 5.97 Å². The van der Waals surface area contributed by atoms with Crippen molar-refractivity contribution in [3.05, 3.63) is 89.5 Å². The molecule has 2 unspecified atom stereocenters. The average molecular weight is 671 g/mol. The number of carbonyl (C=O) groups excluding carboxylic acids is 3. The minimum absolute atomic E-state index is 0.224. The summed E-state index contributed by atoms with van der Waals surface area (Å²) in [4.78, 5) is 39.9. The van der Waals surface area contributed by atoms with E-state index in [9.17, 15) is 18.6 Å². The molecule has 0 saturated carbocycles. The molecule has 248 valence electrons. The van der Waals surface area contributed by atoms with Crippen LogP contribution in [0.2, 0.25) is 0 Å². The number of methoxy groups -OCH3 is 1. The van der Waals surface area contributed by atoms with Crippen LogP contribution in [-0.2, 0) is 38.6 Å². The van der Waals surface area contributed by atoms with Gasteiger partial charge in [-0.1, -0.05) is 69.6 Å². The second-order valence-corrected chi connectivity index (χ2v) is 13.5. The van der Waals surface area contributed by atoms with E-state index in [-0.39, 0.29) is 18.7 Å². The summed E-state index contributed by atoms with van der Waals surface area (Å²) >= 11 is 0. The molecular formula is C34H45FN4O5P2. The molecule has 3 rings (SSSR count). The summed E-state index contributed by atoms with van der Waals surface area (Å²) in [6, 6.07) is 20.8. The quantitative estimate of drug-likeness (QED) is 0.102. The van der Waals surface area contributed by atoms with Crippen molar-refractivity contribution in [1.29, 1.82) is 0 Å². The van der Waals surface area contributed by atoms with Gasteiger partial charge in [-0.15, -0.1) is 0 Å². The van der Waals surface area contributed by atoms with E-state index in [1.54, 1.807) is 14.1 Å². The van der Waals surface area contributed by atoms with Crippen LogP contribution in [0, 0.1) is 0 Å². The lowest BCUT2D eigenvalue weighted by Crippen LogP contribution is -2.50. The van der Waals surface area contributed by atoms with Crippen molar-refractivity contribution < 1.29 is 28.1 Å². The van der Waals surface area contributed by atoms with Gasteiger partial charge in [0.05, 0.1) is 19.2 Å². The monoisotopic (exact) mass is 670 g/mol. The Labute approximate surface area is 274 Å². The van der Waals surface area contributed by atoms with E-state index in [0.29, 0.717) is 18.8 Å². The van der Waals surface area contributed by atoms with E-state index < -0.39 is 37.5 Å². The Bertz CT molecular complexity index is 1450. The summed E-state index contributed by atoms with van der Waals surface area (Å²) in [6.45, 7) is 1.07. The van der Waals surface area contributed by atoms with Gasteiger partial charge in [-0.3, -0.25) is 9.59 Å². The smallest absolute Gasteiger partial charge is 0.328 e. The molecule has 0 aliphatic carbocycles. The Morgan fingerprint density at radius 1 is 0.978 bits per heavy atom. The third kappa shape index (κ3) is 10.6. The van der Waals surface area contributed by atoms with Crippen LogP contribution in [0.3, 0.4) is 0 Å². The molecular weight excluding hydrogens is 625 g/mol. The van der Waals surface area contributed by atoms with Crippen molar-refractivity contribution in [2.24, 2.45) is 5.73 Å². The number of nitrogens with zero attached hydrogens (tertiary/aromatic N) is 1. The van der Waals surface area contributed by atoms with Gasteiger partial charge in [0.2, 0.25) is 11.4 Å². The number of carbonyl (C=O) groups is 3. The first-order chi connectivity index (χ1) is 22.1. The second-order valence-electron chi connectivity index (χ2n) is 11.0. The number of amides is 1. The molecule has 0 radical (unpaired) electrons. The van der Waals surface area contributed by atoms with E-state index in [1.165, 1.54) is 12.0 Å². The molecule has 5 atom stereocenters. The van der Waals surface area contributed by atoms with Crippen molar-refractivity contribution in [3.8, 4) is 16.9 Å². The average Bonchev–Trinajstić information content (AvgIpc) is 3.08. The zero-order chi connectivity index (χ0) is 33.6. The Morgan fingerprint density at radius 2 is 1.67 bits per heavy atom. The molecule has 0 saturated heterocycles. The Balaban J connectivity index is 1.90. The van der Waals surface area contributed by atoms with E-state index in [4.69, 9.17) is 15.2 Å². The van der Waals surface area contributed by atoms with Gasteiger partial charge in [-0.25, -0.2) is 8.99 Å². The minimum atomic E-state index is -2.35. The topological polar surface area (TPSA) is 123 Å². The molecule has 1 amide bonds. The fourth-order valence-electron chi connectivity index (χ4n) is 5.13. The molecule has 0 bridgehead atoms. The largest absolute Gasteiger partial charge is 0.489 e. The molecule has 12 heteroatoms. The van der Waals surface area contributed by atoms with Crippen LogP contribution in [-0.4, -0.2) is 75.2 Å². The number of esters is 1. The van der Waals surface area contributed by atoms with Gasteiger partial charge in [0.15, 0.2) is 7.92 Å². The van der Waals surface area contributed by atoms with Crippen LogP contribution in [0.25, 0.3) is 11.1 Å². The van der Waals surface area contributed by atoms with Crippen molar-refractivity contribution in [3.63, 3.8) is 0 Å². The molecule has 3 aromatic carbocycles. The van der Waals surface area contributed by atoms with Gasteiger partial charge in [-0.2, -0.15) is 0 Å². The van der Waals surface area contributed by atoms with Gasteiger partial charge in [0, 0.05) is 13.5 Å². The van der Waals surface area contributed by atoms with Crippen LogP contribution in [0.15, 0.2) is 72.8 Å². The van der Waals surface area contributed by atoms with Gasteiger partial charge in [-0.05, 0) is 79.9 Å². The number of hydrogen-bond acceptors (Lipinski definition) is 8. The maximum atomic E-state index is 14.0. The molecule has 3 aromatic rings. The highest BCUT2D eigenvalue weighted by molar-refractivity contribution is 8.19. The summed E-state index contributed by atoms with van der Waals surface area (Å²) < 4.78 is 25.3. The van der Waals surface area contributed by atoms with Crippen molar-refractivity contribution in [1.82, 2.24) is 15.5 Å². The second kappa shape index (κ2) is 18.8. The molecule has 0 aromatic heterocycles. The van der Waals surface area contributed by atoms with Crippen LogP contribution < -0.4 is 21.1 Å². The highest BCUT2D eigenvalue weighted by atomic mass is 32.0. The Kier molecular flexibility index (Phi) is 15.2. The number of rotatable bonds is 18. The first kappa shape index (κ1) is 37.2. The highest BCUT2D eigenvalue weighted by Gasteiger charge is 2.31. The van der Waals surface area contributed by atoms with E-state index in [1.807, 2.05) is 88.8 Å². The summed E-state index contributed by atoms with van der Waals surface area (Å²) in [6.07, 6.45) is 1.68. The van der Waals surface area contributed by atoms with Crippen molar-refractivity contribution in [2.75, 3.05) is 34.8 Å². The van der Waals surface area contributed by atoms with Crippen molar-refractivity contribution in [2.45, 2.75) is 50.4 Å². The molecule has 4 N–H and O–H groups in total. The standard InChI is InChI=1S/C34H45FN4O5P2/c1-37-17-9-14-28(36)32(40)39(3)30(33(41)43-4)19-24-12-8-13-25(18-24)26-15-16-31(44-22-23-10-6-5-7-11-23)27(20-26)21-29(38-2)34(42)46(35)45/h5-8,10-13,15-16,18,20,28-30,37-38H,9,14,17,19,21-22,36,45H2,1-4H3/t28-,29-,30-,46?/m0/s1. The summed E-state index contributed by atoms with van der Waals surface area (Å²) in [5.41, 5.74) is 9.93. The molecule has 0 heterocycles. The van der Waals surface area contributed by atoms with E-state index in [2.05, 4.69) is 10.6 Å². The third-order valence-corrected chi connectivity index (χ3v) is 9.31. The third-order valence-electron chi connectivity index (χ3n) is 7.82. The number of nitrogens with one attached hydrogen (secondary N) is 2. The molecule has 0 fully saturated rings.